The van der Waals surface area contributed by atoms with Gasteiger partial charge in [0.2, 0.25) is 0 Å². The van der Waals surface area contributed by atoms with Crippen molar-refractivity contribution >= 4 is 63.8 Å². The minimum absolute atomic E-state index is 0.0385. The summed E-state index contributed by atoms with van der Waals surface area (Å²) in [5.74, 6) is -0.895. The number of carbonyl (C=O) groups excluding carboxylic acids is 2. The van der Waals surface area contributed by atoms with Gasteiger partial charge in [-0.1, -0.05) is 11.6 Å². The largest absolute Gasteiger partial charge is 0.308 e. The minimum Gasteiger partial charge on any atom is -0.308 e. The van der Waals surface area contributed by atoms with Gasteiger partial charge < -0.3 is 4.57 Å². The Labute approximate surface area is 230 Å². The number of thiocarbonyl (C=S) groups is 1. The second-order valence-electron chi connectivity index (χ2n) is 9.17. The van der Waals surface area contributed by atoms with Crippen LogP contribution < -0.4 is 4.90 Å². The zero-order valence-electron chi connectivity index (χ0n) is 20.8. The number of hydrogen-bond donors (Lipinski definition) is 0. The molecule has 1 aliphatic heterocycles. The number of amides is 2. The zero-order valence-corrected chi connectivity index (χ0v) is 23.2. The lowest BCUT2D eigenvalue weighted by atomic mass is 9.96. The highest BCUT2D eigenvalue weighted by atomic mass is 35.5. The first kappa shape index (κ1) is 25.4. The molecule has 0 radical (unpaired) electrons. The van der Waals surface area contributed by atoms with Crippen molar-refractivity contribution in [1.29, 1.82) is 5.26 Å². The first-order chi connectivity index (χ1) is 17.8. The van der Waals surface area contributed by atoms with Gasteiger partial charge in [0.15, 0.2) is 5.11 Å². The summed E-state index contributed by atoms with van der Waals surface area (Å²) in [6.07, 6.45) is 5.82. The highest BCUT2D eigenvalue weighted by molar-refractivity contribution is 7.80. The third kappa shape index (κ3) is 4.21. The Morgan fingerprint density at radius 3 is 2.51 bits per heavy atom. The molecule has 9 heteroatoms. The van der Waals surface area contributed by atoms with Crippen molar-refractivity contribution < 1.29 is 9.59 Å². The van der Waals surface area contributed by atoms with Crippen molar-refractivity contribution in [2.24, 2.45) is 0 Å². The molecule has 2 aliphatic rings. The molecule has 0 N–H and O–H groups in total. The molecule has 5 rings (SSSR count). The number of aromatic nitrogens is 1. The standard InChI is InChI=1S/C28H25ClN4O2S2/c1-4-31-25(34)22(26(35)33(28(31)36)20-11-9-19(29)10-12-20)14-18-13-16(2)32(17(18)3)27-23(15-30)21-7-5-6-8-24(21)37-27/h9-14H,4-8H2,1-3H3/b22-14+. The Kier molecular flexibility index (Phi) is 6.80. The number of thiophene rings is 1. The van der Waals surface area contributed by atoms with Gasteiger partial charge in [-0.2, -0.15) is 5.26 Å². The van der Waals surface area contributed by atoms with Crippen molar-refractivity contribution in [2.45, 2.75) is 46.5 Å². The summed E-state index contributed by atoms with van der Waals surface area (Å²) in [5.41, 5.74) is 5.06. The maximum absolute atomic E-state index is 13.6. The van der Waals surface area contributed by atoms with Crippen LogP contribution in [0.5, 0.6) is 0 Å². The number of rotatable bonds is 4. The first-order valence-electron chi connectivity index (χ1n) is 12.2. The number of anilines is 1. The van der Waals surface area contributed by atoms with Crippen LogP contribution in [0.15, 0.2) is 35.9 Å². The molecule has 2 aromatic heterocycles. The third-order valence-corrected chi connectivity index (χ3v) is 8.90. The molecular weight excluding hydrogens is 524 g/mol. The number of halogens is 1. The molecule has 0 spiro atoms. The summed E-state index contributed by atoms with van der Waals surface area (Å²) in [4.78, 5) is 31.1. The molecule has 3 heterocycles. The fourth-order valence-electron chi connectivity index (χ4n) is 5.10. The van der Waals surface area contributed by atoms with Crippen LogP contribution in [0.2, 0.25) is 5.02 Å². The monoisotopic (exact) mass is 548 g/mol. The minimum atomic E-state index is -0.476. The van der Waals surface area contributed by atoms with Crippen LogP contribution in [-0.2, 0) is 22.4 Å². The van der Waals surface area contributed by atoms with E-state index in [1.54, 1.807) is 41.7 Å². The number of fused-ring (bicyclic) bond motifs is 1. The Hall–Kier alpha value is -3.25. The predicted molar refractivity (Wildman–Crippen MR) is 151 cm³/mol. The second-order valence-corrected chi connectivity index (χ2v) is 11.1. The van der Waals surface area contributed by atoms with E-state index in [-0.39, 0.29) is 10.7 Å². The quantitative estimate of drug-likeness (QED) is 0.224. The van der Waals surface area contributed by atoms with E-state index in [0.717, 1.165) is 53.2 Å². The number of likely N-dealkylation sites (N-methyl/N-ethyl adjacent to an activating group) is 1. The third-order valence-electron chi connectivity index (χ3n) is 6.97. The SMILES string of the molecule is CCN1C(=O)/C(=C\c2cc(C)n(-c3sc4c(c3C#N)CCCC4)c2C)C(=O)N(c2ccc(Cl)cc2)C1=S. The van der Waals surface area contributed by atoms with Crippen LogP contribution in [0.4, 0.5) is 5.69 Å². The van der Waals surface area contributed by atoms with Crippen LogP contribution in [0.25, 0.3) is 11.1 Å². The molecule has 188 valence electrons. The van der Waals surface area contributed by atoms with Gasteiger partial charge in [0, 0.05) is 27.8 Å². The van der Waals surface area contributed by atoms with Crippen molar-refractivity contribution in [3.8, 4) is 11.1 Å². The zero-order chi connectivity index (χ0) is 26.4. The van der Waals surface area contributed by atoms with Gasteiger partial charge in [-0.3, -0.25) is 19.4 Å². The van der Waals surface area contributed by atoms with Gasteiger partial charge in [-0.25, -0.2) is 0 Å². The number of carbonyl (C=O) groups is 2. The number of nitrogens with zero attached hydrogens (tertiary/aromatic N) is 4. The molecule has 0 unspecified atom stereocenters. The summed E-state index contributed by atoms with van der Waals surface area (Å²) in [5, 5.41) is 11.6. The van der Waals surface area contributed by atoms with Gasteiger partial charge in [0.05, 0.1) is 11.3 Å². The lowest BCUT2D eigenvalue weighted by molar-refractivity contribution is -0.127. The highest BCUT2D eigenvalue weighted by Crippen LogP contribution is 2.38. The number of hydrogen-bond acceptors (Lipinski definition) is 5. The summed E-state index contributed by atoms with van der Waals surface area (Å²) < 4.78 is 2.07. The number of aryl methyl sites for hydroxylation is 2. The summed E-state index contributed by atoms with van der Waals surface area (Å²) >= 11 is 13.3. The van der Waals surface area contributed by atoms with Crippen LogP contribution in [0.1, 0.15) is 52.7 Å². The number of benzene rings is 1. The van der Waals surface area contributed by atoms with Crippen LogP contribution in [0, 0.1) is 25.2 Å². The van der Waals surface area contributed by atoms with E-state index in [0.29, 0.717) is 17.3 Å². The average Bonchev–Trinajstić information content (AvgIpc) is 3.38. The highest BCUT2D eigenvalue weighted by Gasteiger charge is 2.39. The Morgan fingerprint density at radius 1 is 1.14 bits per heavy atom. The Balaban J connectivity index is 1.61. The summed E-state index contributed by atoms with van der Waals surface area (Å²) in [6.45, 7) is 6.09. The summed E-state index contributed by atoms with van der Waals surface area (Å²) in [6, 6.07) is 11.2. The van der Waals surface area contributed by atoms with Gasteiger partial charge in [0.25, 0.3) is 11.8 Å². The van der Waals surface area contributed by atoms with Crippen LogP contribution >= 0.6 is 35.2 Å². The van der Waals surface area contributed by atoms with E-state index in [9.17, 15) is 14.9 Å². The molecule has 1 aromatic carbocycles. The van der Waals surface area contributed by atoms with Gasteiger partial charge in [0.1, 0.15) is 16.6 Å². The van der Waals surface area contributed by atoms with Gasteiger partial charge in [-0.15, -0.1) is 11.3 Å². The lowest BCUT2D eigenvalue weighted by Gasteiger charge is -2.36. The molecule has 1 aliphatic carbocycles. The van der Waals surface area contributed by atoms with Crippen molar-refractivity contribution in [1.82, 2.24) is 9.47 Å². The van der Waals surface area contributed by atoms with Crippen molar-refractivity contribution in [3.63, 3.8) is 0 Å². The molecule has 6 nitrogen and oxygen atoms in total. The van der Waals surface area contributed by atoms with E-state index >= 15 is 0 Å². The molecule has 0 atom stereocenters. The normalized spacial score (nSPS) is 16.9. The molecule has 2 amide bonds. The Morgan fingerprint density at radius 2 is 1.84 bits per heavy atom. The molecular formula is C28H25ClN4O2S2. The predicted octanol–water partition coefficient (Wildman–Crippen LogP) is 6.12. The van der Waals surface area contributed by atoms with Crippen LogP contribution in [0.3, 0.4) is 0 Å². The maximum atomic E-state index is 13.6. The van der Waals surface area contributed by atoms with E-state index in [1.807, 2.05) is 26.8 Å². The lowest BCUT2D eigenvalue weighted by Crippen LogP contribution is -2.56. The fraction of sp³-hybridized carbons (Fsp3) is 0.286. The first-order valence-corrected chi connectivity index (χ1v) is 13.8. The Bertz CT molecular complexity index is 1520. The molecule has 1 saturated heterocycles. The van der Waals surface area contributed by atoms with Crippen molar-refractivity contribution in [2.75, 3.05) is 11.4 Å². The molecule has 0 saturated carbocycles. The van der Waals surface area contributed by atoms with Crippen LogP contribution in [-0.4, -0.2) is 32.9 Å². The van der Waals surface area contributed by atoms with E-state index in [4.69, 9.17) is 23.8 Å². The second kappa shape index (κ2) is 9.90. The molecule has 0 bridgehead atoms. The molecule has 1 fully saturated rings. The molecule has 37 heavy (non-hydrogen) atoms. The molecule has 3 aromatic rings. The average molecular weight is 549 g/mol. The fourth-order valence-corrected chi connectivity index (χ4v) is 7.07. The number of nitriles is 1. The van der Waals surface area contributed by atoms with Crippen molar-refractivity contribution in [3.05, 3.63) is 73.9 Å². The van der Waals surface area contributed by atoms with E-state index in [2.05, 4.69) is 10.6 Å². The van der Waals surface area contributed by atoms with E-state index < -0.39 is 11.8 Å². The maximum Gasteiger partial charge on any atom is 0.270 e. The van der Waals surface area contributed by atoms with Gasteiger partial charge in [-0.05, 0) is 106 Å². The summed E-state index contributed by atoms with van der Waals surface area (Å²) in [7, 11) is 0. The van der Waals surface area contributed by atoms with E-state index in [1.165, 1.54) is 20.2 Å². The van der Waals surface area contributed by atoms with Gasteiger partial charge >= 0.3 is 0 Å². The topological polar surface area (TPSA) is 69.3 Å². The smallest absolute Gasteiger partial charge is 0.270 e.